The third kappa shape index (κ3) is 3.12. The Hall–Kier alpha value is -1.36. The Labute approximate surface area is 129 Å². The lowest BCUT2D eigenvalue weighted by molar-refractivity contribution is -0.122. The van der Waals surface area contributed by atoms with E-state index in [-0.39, 0.29) is 17.9 Å². The van der Waals surface area contributed by atoms with Crippen LogP contribution in [0.2, 0.25) is 0 Å². The molecule has 2 atom stereocenters. The summed E-state index contributed by atoms with van der Waals surface area (Å²) in [6.07, 6.45) is 5.92. The summed E-state index contributed by atoms with van der Waals surface area (Å²) in [5.41, 5.74) is 2.00. The van der Waals surface area contributed by atoms with Crippen LogP contribution in [0, 0.1) is 5.92 Å². The number of nitrogens with one attached hydrogen (secondary N) is 2. The second kappa shape index (κ2) is 6.18. The van der Waals surface area contributed by atoms with Crippen molar-refractivity contribution in [3.63, 3.8) is 0 Å². The van der Waals surface area contributed by atoms with Gasteiger partial charge < -0.3 is 10.6 Å². The van der Waals surface area contributed by atoms with Gasteiger partial charge >= 0.3 is 0 Å². The molecule has 114 valence electrons. The van der Waals surface area contributed by atoms with Gasteiger partial charge in [0.25, 0.3) is 5.91 Å². The fraction of sp³-hybridized carbons (Fsp3) is 0.625. The number of thiophene rings is 1. The van der Waals surface area contributed by atoms with Crippen molar-refractivity contribution in [2.75, 3.05) is 6.54 Å². The van der Waals surface area contributed by atoms with E-state index in [4.69, 9.17) is 0 Å². The van der Waals surface area contributed by atoms with Gasteiger partial charge in [-0.2, -0.15) is 0 Å². The van der Waals surface area contributed by atoms with Crippen molar-refractivity contribution < 1.29 is 9.59 Å². The van der Waals surface area contributed by atoms with E-state index in [9.17, 15) is 9.59 Å². The highest BCUT2D eigenvalue weighted by Gasteiger charge is 2.27. The molecule has 2 N–H and O–H groups in total. The van der Waals surface area contributed by atoms with Crippen LogP contribution >= 0.6 is 11.3 Å². The lowest BCUT2D eigenvalue weighted by Crippen LogP contribution is -2.45. The molecule has 0 saturated carbocycles. The Morgan fingerprint density at radius 2 is 2.24 bits per heavy atom. The van der Waals surface area contributed by atoms with E-state index >= 15 is 0 Å². The van der Waals surface area contributed by atoms with Crippen molar-refractivity contribution >= 4 is 23.2 Å². The summed E-state index contributed by atoms with van der Waals surface area (Å²) < 4.78 is 0. The summed E-state index contributed by atoms with van der Waals surface area (Å²) in [6, 6.07) is -0.377. The van der Waals surface area contributed by atoms with Crippen molar-refractivity contribution in [3.8, 4) is 0 Å². The summed E-state index contributed by atoms with van der Waals surface area (Å²) in [5, 5.41) is 7.76. The third-order valence-electron chi connectivity index (χ3n) is 4.49. The van der Waals surface area contributed by atoms with Crippen LogP contribution in [0.1, 0.15) is 53.4 Å². The SMILES string of the molecule is C[C@H]1CCc2c(C(=O)N[C@H]3CCCCNC3=O)csc2C1. The van der Waals surface area contributed by atoms with Crippen LogP contribution in [0.5, 0.6) is 0 Å². The lowest BCUT2D eigenvalue weighted by Gasteiger charge is -2.20. The van der Waals surface area contributed by atoms with E-state index < -0.39 is 0 Å². The van der Waals surface area contributed by atoms with Gasteiger partial charge in [0, 0.05) is 16.8 Å². The van der Waals surface area contributed by atoms with Crippen molar-refractivity contribution in [2.24, 2.45) is 5.92 Å². The maximum absolute atomic E-state index is 12.5. The van der Waals surface area contributed by atoms with Gasteiger partial charge in [-0.1, -0.05) is 6.92 Å². The molecule has 3 rings (SSSR count). The Morgan fingerprint density at radius 3 is 3.10 bits per heavy atom. The Balaban J connectivity index is 1.72. The molecule has 21 heavy (non-hydrogen) atoms. The molecule has 0 spiro atoms. The molecule has 2 heterocycles. The van der Waals surface area contributed by atoms with Crippen LogP contribution < -0.4 is 10.6 Å². The Bertz CT molecular complexity index is 552. The minimum absolute atomic E-state index is 0.0430. The van der Waals surface area contributed by atoms with Crippen molar-refractivity contribution in [1.29, 1.82) is 0 Å². The van der Waals surface area contributed by atoms with Crippen molar-refractivity contribution in [1.82, 2.24) is 10.6 Å². The van der Waals surface area contributed by atoms with Crippen LogP contribution in [0.3, 0.4) is 0 Å². The second-order valence-electron chi connectivity index (χ2n) is 6.21. The maximum atomic E-state index is 12.5. The summed E-state index contributed by atoms with van der Waals surface area (Å²) in [4.78, 5) is 25.8. The molecule has 1 aliphatic carbocycles. The maximum Gasteiger partial charge on any atom is 0.253 e. The Morgan fingerprint density at radius 1 is 1.38 bits per heavy atom. The van der Waals surface area contributed by atoms with E-state index in [2.05, 4.69) is 17.6 Å². The van der Waals surface area contributed by atoms with Crippen LogP contribution in [0.4, 0.5) is 0 Å². The summed E-state index contributed by atoms with van der Waals surface area (Å²) in [7, 11) is 0. The fourth-order valence-electron chi connectivity index (χ4n) is 3.18. The highest BCUT2D eigenvalue weighted by molar-refractivity contribution is 7.10. The number of rotatable bonds is 2. The van der Waals surface area contributed by atoms with Gasteiger partial charge in [-0.05, 0) is 50.0 Å². The molecule has 0 unspecified atom stereocenters. The summed E-state index contributed by atoms with van der Waals surface area (Å²) in [6.45, 7) is 2.98. The van der Waals surface area contributed by atoms with E-state index in [0.29, 0.717) is 5.92 Å². The van der Waals surface area contributed by atoms with Gasteiger partial charge in [-0.25, -0.2) is 0 Å². The minimum atomic E-state index is -0.377. The molecule has 1 aliphatic heterocycles. The predicted octanol–water partition coefficient (Wildman–Crippen LogP) is 2.27. The third-order valence-corrected chi connectivity index (χ3v) is 5.54. The first-order valence-electron chi connectivity index (χ1n) is 7.83. The standard InChI is InChI=1S/C16H22N2O2S/c1-10-5-6-11-12(9-21-14(11)8-10)15(19)18-13-4-2-3-7-17-16(13)20/h9-10,13H,2-8H2,1H3,(H,17,20)(H,18,19)/t10-,13-/m0/s1. The number of fused-ring (bicyclic) bond motifs is 1. The molecule has 1 aromatic rings. The number of hydrogen-bond acceptors (Lipinski definition) is 3. The van der Waals surface area contributed by atoms with Crippen LogP contribution in [-0.2, 0) is 17.6 Å². The smallest absolute Gasteiger partial charge is 0.253 e. The quantitative estimate of drug-likeness (QED) is 0.880. The molecular formula is C16H22N2O2S. The zero-order valence-electron chi connectivity index (χ0n) is 12.4. The molecule has 1 fully saturated rings. The molecule has 1 aromatic heterocycles. The molecule has 0 aromatic carbocycles. The van der Waals surface area contributed by atoms with E-state index in [1.54, 1.807) is 11.3 Å². The fourth-order valence-corrected chi connectivity index (χ4v) is 4.43. The topological polar surface area (TPSA) is 58.2 Å². The van der Waals surface area contributed by atoms with Gasteiger partial charge in [-0.3, -0.25) is 9.59 Å². The molecule has 2 amide bonds. The molecule has 5 heteroatoms. The van der Waals surface area contributed by atoms with Gasteiger partial charge in [-0.15, -0.1) is 11.3 Å². The van der Waals surface area contributed by atoms with Gasteiger partial charge in [0.05, 0.1) is 5.56 Å². The average Bonchev–Trinajstić information content (AvgIpc) is 2.77. The average molecular weight is 306 g/mol. The van der Waals surface area contributed by atoms with Crippen molar-refractivity contribution in [3.05, 3.63) is 21.4 Å². The minimum Gasteiger partial charge on any atom is -0.354 e. The number of hydrogen-bond donors (Lipinski definition) is 2. The highest BCUT2D eigenvalue weighted by atomic mass is 32.1. The second-order valence-corrected chi connectivity index (χ2v) is 7.18. The van der Waals surface area contributed by atoms with Gasteiger partial charge in [0.15, 0.2) is 0 Å². The monoisotopic (exact) mass is 306 g/mol. The molecule has 4 nitrogen and oxygen atoms in total. The zero-order valence-corrected chi connectivity index (χ0v) is 13.2. The number of amides is 2. The number of carbonyl (C=O) groups excluding carboxylic acids is 2. The van der Waals surface area contributed by atoms with E-state index in [1.165, 1.54) is 10.4 Å². The molecule has 0 radical (unpaired) electrons. The molecule has 0 bridgehead atoms. The largest absolute Gasteiger partial charge is 0.354 e. The van der Waals surface area contributed by atoms with Crippen LogP contribution in [0.15, 0.2) is 5.38 Å². The van der Waals surface area contributed by atoms with E-state index in [1.807, 2.05) is 5.38 Å². The van der Waals surface area contributed by atoms with Gasteiger partial charge in [0.1, 0.15) is 6.04 Å². The lowest BCUT2D eigenvalue weighted by atomic mass is 9.88. The number of carbonyl (C=O) groups is 2. The van der Waals surface area contributed by atoms with Crippen molar-refractivity contribution in [2.45, 2.75) is 51.5 Å². The molecular weight excluding hydrogens is 284 g/mol. The first-order valence-corrected chi connectivity index (χ1v) is 8.71. The summed E-state index contributed by atoms with van der Waals surface area (Å²) >= 11 is 1.69. The summed E-state index contributed by atoms with van der Waals surface area (Å²) in [5.74, 6) is 0.586. The van der Waals surface area contributed by atoms with E-state index in [0.717, 1.165) is 50.6 Å². The molecule has 2 aliphatic rings. The van der Waals surface area contributed by atoms with Crippen LogP contribution in [-0.4, -0.2) is 24.4 Å². The molecule has 1 saturated heterocycles. The van der Waals surface area contributed by atoms with Crippen LogP contribution in [0.25, 0.3) is 0 Å². The normalized spacial score (nSPS) is 25.7. The Kier molecular flexibility index (Phi) is 4.29. The van der Waals surface area contributed by atoms with Gasteiger partial charge in [0.2, 0.25) is 5.91 Å². The zero-order chi connectivity index (χ0) is 14.8. The predicted molar refractivity (Wildman–Crippen MR) is 83.6 cm³/mol. The first-order chi connectivity index (χ1) is 10.1. The first kappa shape index (κ1) is 14.6. The highest BCUT2D eigenvalue weighted by Crippen LogP contribution is 2.32.